The van der Waals surface area contributed by atoms with Gasteiger partial charge in [0.05, 0.1) is 19.3 Å². The quantitative estimate of drug-likeness (QED) is 0.371. The molecule has 0 spiro atoms. The Labute approximate surface area is 163 Å². The van der Waals surface area contributed by atoms with Crippen molar-refractivity contribution < 1.29 is 23.7 Å². The van der Waals surface area contributed by atoms with Gasteiger partial charge in [-0.2, -0.15) is 0 Å². The molecule has 1 aromatic carbocycles. The van der Waals surface area contributed by atoms with Gasteiger partial charge in [0, 0.05) is 20.0 Å². The molecule has 0 aliphatic rings. The van der Waals surface area contributed by atoms with Crippen molar-refractivity contribution in [3.05, 3.63) is 35.9 Å². The second-order valence-electron chi connectivity index (χ2n) is 6.02. The van der Waals surface area contributed by atoms with Gasteiger partial charge in [0.2, 0.25) is 20.7 Å². The fourth-order valence-corrected chi connectivity index (χ4v) is 3.95. The fourth-order valence-electron chi connectivity index (χ4n) is 2.53. The minimum atomic E-state index is -1.55. The van der Waals surface area contributed by atoms with Gasteiger partial charge in [-0.25, -0.2) is 0 Å². The number of carbonyl (C=O) groups excluding carboxylic acids is 2. The molecule has 0 aromatic heterocycles. The molecule has 0 radical (unpaired) electrons. The maximum absolute atomic E-state index is 12.4. The topological polar surface area (TPSA) is 88.1 Å². The summed E-state index contributed by atoms with van der Waals surface area (Å²) in [5.74, 6) is -1.03. The predicted molar refractivity (Wildman–Crippen MR) is 106 cm³/mol. The smallest absolute Gasteiger partial charge is 0.222 e. The SMILES string of the molecule is CCOP(OCC)C(O)[C@H](CCC(=O)N(C)CCc1ccccc1)NC=O. The fraction of sp³-hybridized carbons (Fsp3) is 0.579. The molecular formula is C19H31N2O5P. The summed E-state index contributed by atoms with van der Waals surface area (Å²) in [4.78, 5) is 25.0. The third-order valence-corrected chi connectivity index (χ3v) is 5.86. The van der Waals surface area contributed by atoms with Crippen LogP contribution in [0.15, 0.2) is 30.3 Å². The lowest BCUT2D eigenvalue weighted by molar-refractivity contribution is -0.130. The Balaban J connectivity index is 2.53. The van der Waals surface area contributed by atoms with Crippen LogP contribution < -0.4 is 5.32 Å². The van der Waals surface area contributed by atoms with E-state index in [-0.39, 0.29) is 12.3 Å². The zero-order valence-corrected chi connectivity index (χ0v) is 17.2. The van der Waals surface area contributed by atoms with Crippen LogP contribution in [0.5, 0.6) is 0 Å². The number of aliphatic hydroxyl groups excluding tert-OH is 1. The Morgan fingerprint density at radius 3 is 2.44 bits per heavy atom. The van der Waals surface area contributed by atoms with Crippen molar-refractivity contribution in [1.29, 1.82) is 0 Å². The highest BCUT2D eigenvalue weighted by Gasteiger charge is 2.30. The van der Waals surface area contributed by atoms with Crippen molar-refractivity contribution in [3.63, 3.8) is 0 Å². The first-order valence-electron chi connectivity index (χ1n) is 9.24. The zero-order chi connectivity index (χ0) is 20.1. The van der Waals surface area contributed by atoms with Gasteiger partial charge in [-0.15, -0.1) is 0 Å². The first-order valence-corrected chi connectivity index (χ1v) is 10.5. The first kappa shape index (κ1) is 23.5. The lowest BCUT2D eigenvalue weighted by Crippen LogP contribution is -2.40. The molecule has 27 heavy (non-hydrogen) atoms. The minimum absolute atomic E-state index is 0.0343. The number of rotatable bonds is 14. The van der Waals surface area contributed by atoms with E-state index in [4.69, 9.17) is 9.05 Å². The third-order valence-electron chi connectivity index (χ3n) is 4.04. The van der Waals surface area contributed by atoms with E-state index in [0.717, 1.165) is 6.42 Å². The van der Waals surface area contributed by atoms with Gasteiger partial charge in [0.25, 0.3) is 0 Å². The molecule has 0 aliphatic heterocycles. The molecule has 7 nitrogen and oxygen atoms in total. The van der Waals surface area contributed by atoms with Crippen molar-refractivity contribution in [2.24, 2.45) is 0 Å². The van der Waals surface area contributed by atoms with Crippen LogP contribution in [-0.2, 0) is 25.1 Å². The average Bonchev–Trinajstić information content (AvgIpc) is 2.69. The van der Waals surface area contributed by atoms with Gasteiger partial charge < -0.3 is 24.4 Å². The Hall–Kier alpha value is -1.53. The van der Waals surface area contributed by atoms with E-state index in [1.165, 1.54) is 5.56 Å². The Bertz CT molecular complexity index is 540. The van der Waals surface area contributed by atoms with E-state index >= 15 is 0 Å². The van der Waals surface area contributed by atoms with E-state index in [1.54, 1.807) is 11.9 Å². The molecule has 0 heterocycles. The van der Waals surface area contributed by atoms with Crippen molar-refractivity contribution in [2.45, 2.75) is 45.0 Å². The van der Waals surface area contributed by atoms with Crippen LogP contribution >= 0.6 is 8.38 Å². The van der Waals surface area contributed by atoms with Gasteiger partial charge in [-0.05, 0) is 32.3 Å². The summed E-state index contributed by atoms with van der Waals surface area (Å²) in [6.07, 6.45) is 1.84. The molecule has 0 bridgehead atoms. The second kappa shape index (κ2) is 13.6. The summed E-state index contributed by atoms with van der Waals surface area (Å²) in [7, 11) is 0.214. The summed E-state index contributed by atoms with van der Waals surface area (Å²) in [5.41, 5.74) is 1.17. The normalized spacial score (nSPS) is 13.2. The molecule has 0 saturated heterocycles. The van der Waals surface area contributed by atoms with E-state index in [0.29, 0.717) is 32.6 Å². The zero-order valence-electron chi connectivity index (χ0n) is 16.3. The number of carbonyl (C=O) groups is 2. The van der Waals surface area contributed by atoms with Crippen molar-refractivity contribution in [1.82, 2.24) is 10.2 Å². The molecule has 2 atom stereocenters. The first-order chi connectivity index (χ1) is 13.0. The largest absolute Gasteiger partial charge is 0.382 e. The van der Waals surface area contributed by atoms with Gasteiger partial charge in [-0.3, -0.25) is 9.59 Å². The molecular weight excluding hydrogens is 367 g/mol. The molecule has 2 amide bonds. The van der Waals surface area contributed by atoms with Crippen LogP contribution in [0.2, 0.25) is 0 Å². The van der Waals surface area contributed by atoms with E-state index in [1.807, 2.05) is 44.2 Å². The van der Waals surface area contributed by atoms with Gasteiger partial charge >= 0.3 is 0 Å². The predicted octanol–water partition coefficient (Wildman–Crippen LogP) is 2.29. The van der Waals surface area contributed by atoms with Gasteiger partial charge in [0.1, 0.15) is 5.85 Å². The van der Waals surface area contributed by atoms with Crippen molar-refractivity contribution in [2.75, 3.05) is 26.8 Å². The molecule has 1 aromatic rings. The van der Waals surface area contributed by atoms with Gasteiger partial charge in [0.15, 0.2) is 0 Å². The lowest BCUT2D eigenvalue weighted by Gasteiger charge is -2.28. The van der Waals surface area contributed by atoms with Gasteiger partial charge in [-0.1, -0.05) is 30.3 Å². The van der Waals surface area contributed by atoms with Crippen LogP contribution in [0.1, 0.15) is 32.3 Å². The van der Waals surface area contributed by atoms with Crippen LogP contribution in [0.25, 0.3) is 0 Å². The van der Waals surface area contributed by atoms with Crippen LogP contribution in [0.4, 0.5) is 0 Å². The Kier molecular flexibility index (Phi) is 11.9. The van der Waals surface area contributed by atoms with Crippen molar-refractivity contribution in [3.8, 4) is 0 Å². The second-order valence-corrected chi connectivity index (χ2v) is 7.63. The summed E-state index contributed by atoms with van der Waals surface area (Å²) in [5, 5.41) is 13.1. The minimum Gasteiger partial charge on any atom is -0.382 e. The maximum Gasteiger partial charge on any atom is 0.222 e. The van der Waals surface area contributed by atoms with Crippen LogP contribution in [-0.4, -0.2) is 61.0 Å². The third kappa shape index (κ3) is 8.80. The summed E-state index contributed by atoms with van der Waals surface area (Å²) in [6.45, 7) is 5.04. The maximum atomic E-state index is 12.4. The molecule has 1 rings (SSSR count). The molecule has 0 fully saturated rings. The molecule has 1 unspecified atom stereocenters. The Morgan fingerprint density at radius 2 is 1.89 bits per heavy atom. The van der Waals surface area contributed by atoms with E-state index < -0.39 is 20.3 Å². The van der Waals surface area contributed by atoms with E-state index in [2.05, 4.69) is 5.32 Å². The number of amides is 2. The number of hydrogen-bond acceptors (Lipinski definition) is 5. The number of likely N-dealkylation sites (N-methyl/N-ethyl adjacent to an activating group) is 1. The van der Waals surface area contributed by atoms with Crippen molar-refractivity contribution >= 4 is 20.7 Å². The lowest BCUT2D eigenvalue weighted by atomic mass is 10.1. The summed E-state index contributed by atoms with van der Waals surface area (Å²) < 4.78 is 10.9. The highest BCUT2D eigenvalue weighted by Crippen LogP contribution is 2.44. The monoisotopic (exact) mass is 398 g/mol. The van der Waals surface area contributed by atoms with E-state index in [9.17, 15) is 14.7 Å². The van der Waals surface area contributed by atoms with Crippen LogP contribution in [0.3, 0.4) is 0 Å². The number of nitrogens with one attached hydrogen (secondary N) is 1. The summed E-state index contributed by atoms with van der Waals surface area (Å²) in [6, 6.07) is 9.37. The molecule has 0 aliphatic carbocycles. The highest BCUT2D eigenvalue weighted by atomic mass is 31.2. The number of hydrogen-bond donors (Lipinski definition) is 2. The highest BCUT2D eigenvalue weighted by molar-refractivity contribution is 7.47. The number of nitrogens with zero attached hydrogens (tertiary/aromatic N) is 1. The number of benzene rings is 1. The summed E-state index contributed by atoms with van der Waals surface area (Å²) >= 11 is 0. The average molecular weight is 398 g/mol. The Morgan fingerprint density at radius 1 is 1.26 bits per heavy atom. The standard InChI is InChI=1S/C19H31N2O5P/c1-4-25-27(26-5-2)19(24)17(20-15-22)11-12-18(23)21(3)14-13-16-9-7-6-8-10-16/h6-10,15,17,19,24H,4-5,11-14H2,1-3H3,(H,20,22)/t17-,19?/m0/s1. The molecule has 8 heteroatoms. The number of aliphatic hydroxyl groups is 1. The van der Waals surface area contributed by atoms with Crippen LogP contribution in [0, 0.1) is 0 Å². The molecule has 0 saturated carbocycles. The molecule has 2 N–H and O–H groups in total. The molecule has 152 valence electrons.